The molecule has 0 saturated heterocycles. The van der Waals surface area contributed by atoms with Crippen LogP contribution in [0.3, 0.4) is 0 Å². The fraction of sp³-hybridized carbons (Fsp3) is 0.231. The molecule has 0 heterocycles. The standard InChI is InChI=1S/C26H28N2O4/c1-27-26(30)24(17-20-9-5-3-6-10-20)28(18-21-13-15-22(31-2)16-14-21)25(29)19-32-23-11-7-4-8-12-23/h3-16,24H,17-19H2,1-2H3,(H,27,30)/t24-/m1/s1. The van der Waals surface area contributed by atoms with Gasteiger partial charge in [0.1, 0.15) is 17.5 Å². The number of nitrogens with one attached hydrogen (secondary N) is 1. The second-order valence-electron chi connectivity index (χ2n) is 7.29. The third kappa shape index (κ3) is 6.35. The van der Waals surface area contributed by atoms with Gasteiger partial charge in [0.15, 0.2) is 6.61 Å². The molecule has 1 atom stereocenters. The molecule has 0 aliphatic carbocycles. The van der Waals surface area contributed by atoms with E-state index in [1.807, 2.05) is 72.8 Å². The van der Waals surface area contributed by atoms with E-state index in [0.29, 0.717) is 12.2 Å². The zero-order chi connectivity index (χ0) is 22.8. The van der Waals surface area contributed by atoms with Gasteiger partial charge in [-0.1, -0.05) is 60.7 Å². The Bertz CT molecular complexity index is 991. The molecule has 0 bridgehead atoms. The first kappa shape index (κ1) is 22.9. The van der Waals surface area contributed by atoms with E-state index in [2.05, 4.69) is 5.32 Å². The maximum Gasteiger partial charge on any atom is 0.261 e. The second kappa shape index (κ2) is 11.6. The predicted molar refractivity (Wildman–Crippen MR) is 123 cm³/mol. The highest BCUT2D eigenvalue weighted by Crippen LogP contribution is 2.18. The summed E-state index contributed by atoms with van der Waals surface area (Å²) in [5.41, 5.74) is 1.86. The highest BCUT2D eigenvalue weighted by Gasteiger charge is 2.30. The van der Waals surface area contributed by atoms with E-state index in [1.165, 1.54) is 0 Å². The van der Waals surface area contributed by atoms with Gasteiger partial charge in [-0.15, -0.1) is 0 Å². The van der Waals surface area contributed by atoms with Gasteiger partial charge in [0.2, 0.25) is 5.91 Å². The van der Waals surface area contributed by atoms with Gasteiger partial charge in [0.05, 0.1) is 7.11 Å². The number of carbonyl (C=O) groups is 2. The average molecular weight is 433 g/mol. The molecule has 0 spiro atoms. The van der Waals surface area contributed by atoms with Crippen LogP contribution in [0.15, 0.2) is 84.9 Å². The third-order valence-electron chi connectivity index (χ3n) is 5.13. The zero-order valence-electron chi connectivity index (χ0n) is 18.4. The molecule has 3 rings (SSSR count). The van der Waals surface area contributed by atoms with E-state index in [9.17, 15) is 9.59 Å². The van der Waals surface area contributed by atoms with Crippen molar-refractivity contribution >= 4 is 11.8 Å². The number of hydrogen-bond acceptors (Lipinski definition) is 4. The van der Waals surface area contributed by atoms with Crippen LogP contribution in [0.25, 0.3) is 0 Å². The average Bonchev–Trinajstić information content (AvgIpc) is 2.85. The van der Waals surface area contributed by atoms with E-state index in [4.69, 9.17) is 9.47 Å². The molecule has 1 N–H and O–H groups in total. The molecule has 6 nitrogen and oxygen atoms in total. The monoisotopic (exact) mass is 432 g/mol. The number of methoxy groups -OCH3 is 1. The van der Waals surface area contributed by atoms with Gasteiger partial charge in [0, 0.05) is 20.0 Å². The van der Waals surface area contributed by atoms with Gasteiger partial charge in [-0.3, -0.25) is 9.59 Å². The number of rotatable bonds is 10. The third-order valence-corrected chi connectivity index (χ3v) is 5.13. The molecule has 0 aliphatic rings. The Labute approximate surface area is 188 Å². The molecule has 0 aliphatic heterocycles. The van der Waals surface area contributed by atoms with Crippen LogP contribution in [0.2, 0.25) is 0 Å². The summed E-state index contributed by atoms with van der Waals surface area (Å²) >= 11 is 0. The number of para-hydroxylation sites is 1. The molecular weight excluding hydrogens is 404 g/mol. The van der Waals surface area contributed by atoms with Crippen molar-refractivity contribution in [2.24, 2.45) is 0 Å². The van der Waals surface area contributed by atoms with Crippen LogP contribution in [-0.2, 0) is 22.6 Å². The van der Waals surface area contributed by atoms with Gasteiger partial charge in [-0.2, -0.15) is 0 Å². The Hall–Kier alpha value is -3.80. The number of hydrogen-bond donors (Lipinski definition) is 1. The largest absolute Gasteiger partial charge is 0.497 e. The minimum absolute atomic E-state index is 0.164. The lowest BCUT2D eigenvalue weighted by Crippen LogP contribution is -2.51. The molecule has 6 heteroatoms. The lowest BCUT2D eigenvalue weighted by Gasteiger charge is -2.31. The first-order valence-electron chi connectivity index (χ1n) is 10.5. The molecule has 0 radical (unpaired) electrons. The van der Waals surface area contributed by atoms with E-state index in [0.717, 1.165) is 16.9 Å². The molecule has 0 aromatic heterocycles. The van der Waals surface area contributed by atoms with Crippen molar-refractivity contribution in [1.82, 2.24) is 10.2 Å². The summed E-state index contributed by atoms with van der Waals surface area (Å²) in [4.78, 5) is 27.7. The fourth-order valence-corrected chi connectivity index (χ4v) is 3.39. The van der Waals surface area contributed by atoms with Crippen LogP contribution in [0.1, 0.15) is 11.1 Å². The summed E-state index contributed by atoms with van der Waals surface area (Å²) in [5.74, 6) is 0.834. The first-order chi connectivity index (χ1) is 15.6. The lowest BCUT2D eigenvalue weighted by atomic mass is 10.0. The van der Waals surface area contributed by atoms with Crippen LogP contribution < -0.4 is 14.8 Å². The minimum Gasteiger partial charge on any atom is -0.497 e. The molecular formula is C26H28N2O4. The van der Waals surface area contributed by atoms with Crippen LogP contribution in [0.5, 0.6) is 11.5 Å². The number of benzene rings is 3. The summed E-state index contributed by atoms with van der Waals surface area (Å²) in [6.07, 6.45) is 0.397. The molecule has 2 amide bonds. The van der Waals surface area contributed by atoms with Crippen LogP contribution in [0.4, 0.5) is 0 Å². The Morgan fingerprint density at radius 1 is 0.844 bits per heavy atom. The van der Waals surface area contributed by atoms with Crippen molar-refractivity contribution in [1.29, 1.82) is 0 Å². The molecule has 3 aromatic rings. The molecule has 3 aromatic carbocycles. The summed E-state index contributed by atoms with van der Waals surface area (Å²) in [6, 6.07) is 25.6. The van der Waals surface area contributed by atoms with Crippen LogP contribution in [0, 0.1) is 0 Å². The van der Waals surface area contributed by atoms with Crippen molar-refractivity contribution in [3.63, 3.8) is 0 Å². The SMILES string of the molecule is CNC(=O)[C@@H](Cc1ccccc1)N(Cc1ccc(OC)cc1)C(=O)COc1ccccc1. The fourth-order valence-electron chi connectivity index (χ4n) is 3.39. The van der Waals surface area contributed by atoms with Crippen molar-refractivity contribution < 1.29 is 19.1 Å². The van der Waals surface area contributed by atoms with E-state index in [-0.39, 0.29) is 25.0 Å². The van der Waals surface area contributed by atoms with Gasteiger partial charge in [-0.25, -0.2) is 0 Å². The van der Waals surface area contributed by atoms with Crippen molar-refractivity contribution in [2.75, 3.05) is 20.8 Å². The highest BCUT2D eigenvalue weighted by atomic mass is 16.5. The summed E-state index contributed by atoms with van der Waals surface area (Å²) < 4.78 is 10.9. The Morgan fingerprint density at radius 2 is 1.47 bits per heavy atom. The maximum atomic E-state index is 13.3. The molecule has 32 heavy (non-hydrogen) atoms. The first-order valence-corrected chi connectivity index (χ1v) is 10.5. The normalized spacial score (nSPS) is 11.3. The van der Waals surface area contributed by atoms with Gasteiger partial charge >= 0.3 is 0 Å². The number of amides is 2. The highest BCUT2D eigenvalue weighted by molar-refractivity contribution is 5.88. The molecule has 0 unspecified atom stereocenters. The Morgan fingerprint density at radius 3 is 2.06 bits per heavy atom. The van der Waals surface area contributed by atoms with Crippen molar-refractivity contribution in [3.8, 4) is 11.5 Å². The van der Waals surface area contributed by atoms with Gasteiger partial charge in [0.25, 0.3) is 5.91 Å². The summed E-state index contributed by atoms with van der Waals surface area (Å²) in [6.45, 7) is 0.106. The Balaban J connectivity index is 1.86. The van der Waals surface area contributed by atoms with Gasteiger partial charge in [-0.05, 0) is 35.4 Å². The number of nitrogens with zero attached hydrogens (tertiary/aromatic N) is 1. The minimum atomic E-state index is -0.684. The van der Waals surface area contributed by atoms with Crippen LogP contribution in [-0.4, -0.2) is 43.5 Å². The van der Waals surface area contributed by atoms with Crippen LogP contribution >= 0.6 is 0 Å². The maximum absolute atomic E-state index is 13.3. The smallest absolute Gasteiger partial charge is 0.261 e. The molecule has 166 valence electrons. The summed E-state index contributed by atoms with van der Waals surface area (Å²) in [7, 11) is 3.18. The number of ether oxygens (including phenoxy) is 2. The number of carbonyl (C=O) groups excluding carboxylic acids is 2. The Kier molecular flexibility index (Phi) is 8.26. The lowest BCUT2D eigenvalue weighted by molar-refractivity contribution is -0.142. The zero-order valence-corrected chi connectivity index (χ0v) is 18.4. The molecule has 0 saturated carbocycles. The summed E-state index contributed by atoms with van der Waals surface area (Å²) in [5, 5.41) is 2.70. The number of likely N-dealkylation sites (N-methyl/N-ethyl adjacent to an activating group) is 1. The quantitative estimate of drug-likeness (QED) is 0.533. The second-order valence-corrected chi connectivity index (χ2v) is 7.29. The van der Waals surface area contributed by atoms with Crippen molar-refractivity contribution in [3.05, 3.63) is 96.1 Å². The van der Waals surface area contributed by atoms with E-state index < -0.39 is 6.04 Å². The van der Waals surface area contributed by atoms with Gasteiger partial charge < -0.3 is 19.7 Å². The topological polar surface area (TPSA) is 67.9 Å². The molecule has 0 fully saturated rings. The van der Waals surface area contributed by atoms with E-state index in [1.54, 1.807) is 31.2 Å². The van der Waals surface area contributed by atoms with Crippen molar-refractivity contribution in [2.45, 2.75) is 19.0 Å². The van der Waals surface area contributed by atoms with E-state index >= 15 is 0 Å². The predicted octanol–water partition coefficient (Wildman–Crippen LogP) is 3.46.